The van der Waals surface area contributed by atoms with Gasteiger partial charge in [-0.05, 0) is 48.8 Å². The van der Waals surface area contributed by atoms with Crippen LogP contribution >= 0.6 is 22.6 Å². The van der Waals surface area contributed by atoms with Crippen molar-refractivity contribution in [1.82, 2.24) is 9.80 Å². The number of hydrogen-bond donors (Lipinski definition) is 2. The molecule has 2 N–H and O–H groups in total. The molecule has 0 unspecified atom stereocenters. The minimum Gasteiger partial charge on any atom is -0.480 e. The van der Waals surface area contributed by atoms with E-state index in [0.29, 0.717) is 13.1 Å². The number of benzene rings is 1. The van der Waals surface area contributed by atoms with E-state index in [-0.39, 0.29) is 19.0 Å². The number of anilines is 1. The first-order valence-electron chi connectivity index (χ1n) is 6.51. The smallest absolute Gasteiger partial charge is 0.317 e. The first-order chi connectivity index (χ1) is 9.88. The molecule has 0 atom stereocenters. The van der Waals surface area contributed by atoms with Gasteiger partial charge in [0.2, 0.25) is 5.91 Å². The Morgan fingerprint density at radius 3 is 2.43 bits per heavy atom. The first-order valence-corrected chi connectivity index (χ1v) is 7.59. The van der Waals surface area contributed by atoms with Gasteiger partial charge in [0.05, 0.1) is 18.8 Å². The van der Waals surface area contributed by atoms with Crippen molar-refractivity contribution in [2.24, 2.45) is 0 Å². The van der Waals surface area contributed by atoms with Gasteiger partial charge >= 0.3 is 5.97 Å². The van der Waals surface area contributed by atoms with Crippen LogP contribution in [0.5, 0.6) is 0 Å². The number of carbonyl (C=O) groups is 2. The number of carboxylic acids is 1. The molecular formula is C14H20IN3O3. The van der Waals surface area contributed by atoms with Gasteiger partial charge in [-0.25, -0.2) is 0 Å². The van der Waals surface area contributed by atoms with Gasteiger partial charge in [0.15, 0.2) is 0 Å². The number of nitrogens with zero attached hydrogens (tertiary/aromatic N) is 2. The lowest BCUT2D eigenvalue weighted by atomic mass is 10.3. The highest BCUT2D eigenvalue weighted by molar-refractivity contribution is 14.1. The van der Waals surface area contributed by atoms with Gasteiger partial charge < -0.3 is 15.3 Å². The number of halogens is 1. The average molecular weight is 405 g/mol. The van der Waals surface area contributed by atoms with Crippen LogP contribution in [0.1, 0.15) is 0 Å². The predicted octanol–water partition coefficient (Wildman–Crippen LogP) is 1.18. The highest BCUT2D eigenvalue weighted by Gasteiger charge is 2.14. The molecule has 0 radical (unpaired) electrons. The van der Waals surface area contributed by atoms with Crippen LogP contribution in [0.2, 0.25) is 0 Å². The Labute approximate surface area is 138 Å². The van der Waals surface area contributed by atoms with Crippen LogP contribution in [0, 0.1) is 3.57 Å². The van der Waals surface area contributed by atoms with Crippen molar-refractivity contribution >= 4 is 40.2 Å². The standard InChI is InChI=1S/C14H20IN3O3/c1-17(2)7-8-18(10-14(20)21)9-13(19)16-12-6-4-3-5-11(12)15/h3-6H,7-10H2,1-2H3,(H,16,19)(H,20,21). The third-order valence-electron chi connectivity index (χ3n) is 2.74. The van der Waals surface area contributed by atoms with E-state index in [1.807, 2.05) is 43.3 Å². The highest BCUT2D eigenvalue weighted by atomic mass is 127. The SMILES string of the molecule is CN(C)CCN(CC(=O)O)CC(=O)Nc1ccccc1I. The van der Waals surface area contributed by atoms with Crippen molar-refractivity contribution in [2.75, 3.05) is 45.6 Å². The summed E-state index contributed by atoms with van der Waals surface area (Å²) in [5.41, 5.74) is 0.742. The summed E-state index contributed by atoms with van der Waals surface area (Å²) in [7, 11) is 3.82. The predicted molar refractivity (Wildman–Crippen MR) is 90.4 cm³/mol. The zero-order valence-electron chi connectivity index (χ0n) is 12.2. The number of amides is 1. The quantitative estimate of drug-likeness (QED) is 0.636. The maximum Gasteiger partial charge on any atom is 0.317 e. The zero-order chi connectivity index (χ0) is 15.8. The zero-order valence-corrected chi connectivity index (χ0v) is 14.3. The number of likely N-dealkylation sites (N-methyl/N-ethyl adjacent to an activating group) is 1. The van der Waals surface area contributed by atoms with Crippen LogP contribution in [0.3, 0.4) is 0 Å². The van der Waals surface area contributed by atoms with Crippen LogP contribution in [0.15, 0.2) is 24.3 Å². The number of hydrogen-bond acceptors (Lipinski definition) is 4. The van der Waals surface area contributed by atoms with Crippen LogP contribution in [0.25, 0.3) is 0 Å². The van der Waals surface area contributed by atoms with Gasteiger partial charge in [-0.3, -0.25) is 14.5 Å². The van der Waals surface area contributed by atoms with Gasteiger partial charge in [0.25, 0.3) is 0 Å². The molecule has 0 bridgehead atoms. The van der Waals surface area contributed by atoms with Crippen molar-refractivity contribution < 1.29 is 14.7 Å². The molecule has 1 rings (SSSR count). The van der Waals surface area contributed by atoms with Crippen molar-refractivity contribution in [3.63, 3.8) is 0 Å². The Morgan fingerprint density at radius 1 is 1.19 bits per heavy atom. The fraction of sp³-hybridized carbons (Fsp3) is 0.429. The van der Waals surface area contributed by atoms with Crippen molar-refractivity contribution in [1.29, 1.82) is 0 Å². The van der Waals surface area contributed by atoms with E-state index in [4.69, 9.17) is 5.11 Å². The molecule has 0 aromatic heterocycles. The molecule has 0 aliphatic rings. The third-order valence-corrected chi connectivity index (χ3v) is 3.68. The summed E-state index contributed by atoms with van der Waals surface area (Å²) >= 11 is 2.14. The second-order valence-corrected chi connectivity index (χ2v) is 6.10. The second-order valence-electron chi connectivity index (χ2n) is 4.94. The lowest BCUT2D eigenvalue weighted by Gasteiger charge is -2.21. The van der Waals surface area contributed by atoms with Crippen LogP contribution in [0.4, 0.5) is 5.69 Å². The van der Waals surface area contributed by atoms with Crippen LogP contribution in [-0.4, -0.2) is 67.1 Å². The maximum absolute atomic E-state index is 12.0. The average Bonchev–Trinajstić information content (AvgIpc) is 2.38. The molecule has 7 heteroatoms. The minimum absolute atomic E-state index is 0.0606. The lowest BCUT2D eigenvalue weighted by Crippen LogP contribution is -2.40. The summed E-state index contributed by atoms with van der Waals surface area (Å²) in [4.78, 5) is 26.5. The molecule has 116 valence electrons. The van der Waals surface area contributed by atoms with Crippen LogP contribution in [-0.2, 0) is 9.59 Å². The Morgan fingerprint density at radius 2 is 1.86 bits per heavy atom. The number of carbonyl (C=O) groups excluding carboxylic acids is 1. The summed E-state index contributed by atoms with van der Waals surface area (Å²) in [6.45, 7) is 1.14. The molecule has 6 nitrogen and oxygen atoms in total. The van der Waals surface area contributed by atoms with Crippen molar-refractivity contribution in [3.05, 3.63) is 27.8 Å². The second kappa shape index (κ2) is 8.96. The molecule has 21 heavy (non-hydrogen) atoms. The maximum atomic E-state index is 12.0. The fourth-order valence-electron chi connectivity index (χ4n) is 1.70. The number of carboxylic acid groups (broad SMARTS) is 1. The summed E-state index contributed by atoms with van der Waals surface area (Å²) in [5, 5.41) is 11.7. The van der Waals surface area contributed by atoms with Crippen LogP contribution < -0.4 is 5.32 Å². The van der Waals surface area contributed by atoms with Gasteiger partial charge in [-0.1, -0.05) is 12.1 Å². The van der Waals surface area contributed by atoms with Gasteiger partial charge in [-0.2, -0.15) is 0 Å². The van der Waals surface area contributed by atoms with E-state index >= 15 is 0 Å². The van der Waals surface area contributed by atoms with Gasteiger partial charge in [0.1, 0.15) is 0 Å². The third kappa shape index (κ3) is 7.39. The first kappa shape index (κ1) is 17.9. The van der Waals surface area contributed by atoms with E-state index in [9.17, 15) is 9.59 Å². The number of rotatable bonds is 8. The number of para-hydroxylation sites is 1. The topological polar surface area (TPSA) is 72.9 Å². The normalized spacial score (nSPS) is 10.9. The summed E-state index contributed by atoms with van der Waals surface area (Å²) < 4.78 is 0.946. The molecular weight excluding hydrogens is 385 g/mol. The molecule has 0 aliphatic heterocycles. The largest absolute Gasteiger partial charge is 0.480 e. The molecule has 1 aromatic carbocycles. The van der Waals surface area contributed by atoms with E-state index in [1.54, 1.807) is 4.90 Å². The van der Waals surface area contributed by atoms with Crippen molar-refractivity contribution in [3.8, 4) is 0 Å². The van der Waals surface area contributed by atoms with Gasteiger partial charge in [0, 0.05) is 16.7 Å². The summed E-state index contributed by atoms with van der Waals surface area (Å²) in [5.74, 6) is -1.14. The Hall–Kier alpha value is -1.19. The summed E-state index contributed by atoms with van der Waals surface area (Å²) in [6.07, 6.45) is 0. The molecule has 0 heterocycles. The van der Waals surface area contributed by atoms with Gasteiger partial charge in [-0.15, -0.1) is 0 Å². The number of nitrogens with one attached hydrogen (secondary N) is 1. The molecule has 0 aliphatic carbocycles. The number of aliphatic carboxylic acids is 1. The molecule has 0 fully saturated rings. The molecule has 0 saturated heterocycles. The molecule has 1 aromatic rings. The molecule has 0 saturated carbocycles. The lowest BCUT2D eigenvalue weighted by molar-refractivity contribution is -0.138. The van der Waals surface area contributed by atoms with E-state index in [1.165, 1.54) is 0 Å². The minimum atomic E-state index is -0.934. The fourth-order valence-corrected chi connectivity index (χ4v) is 2.22. The summed E-state index contributed by atoms with van der Waals surface area (Å²) in [6, 6.07) is 7.46. The van der Waals surface area contributed by atoms with E-state index in [2.05, 4.69) is 27.9 Å². The Bertz CT molecular complexity index is 494. The van der Waals surface area contributed by atoms with E-state index < -0.39 is 5.97 Å². The van der Waals surface area contributed by atoms with E-state index in [0.717, 1.165) is 9.26 Å². The Balaban J connectivity index is 2.58. The molecule has 1 amide bonds. The van der Waals surface area contributed by atoms with Crippen molar-refractivity contribution in [2.45, 2.75) is 0 Å². The highest BCUT2D eigenvalue weighted by Crippen LogP contribution is 2.16. The monoisotopic (exact) mass is 405 g/mol. The molecule has 0 spiro atoms. The Kier molecular flexibility index (Phi) is 7.62.